The van der Waals surface area contributed by atoms with Gasteiger partial charge in [0.2, 0.25) is 0 Å². The summed E-state index contributed by atoms with van der Waals surface area (Å²) in [5.41, 5.74) is 3.45. The Labute approximate surface area is 119 Å². The first-order chi connectivity index (χ1) is 9.54. The first kappa shape index (κ1) is 14.6. The Balaban J connectivity index is 2.33. The fraction of sp³-hybridized carbons (Fsp3) is 0.571. The maximum atomic E-state index is 11.3. The minimum atomic E-state index is -0.368. The van der Waals surface area contributed by atoms with E-state index in [0.29, 0.717) is 23.3 Å². The van der Waals surface area contributed by atoms with Gasteiger partial charge in [-0.25, -0.2) is 0 Å². The molecule has 1 fully saturated rings. The Morgan fingerprint density at radius 2 is 2.20 bits per heavy atom. The summed E-state index contributed by atoms with van der Waals surface area (Å²) < 4.78 is 0. The summed E-state index contributed by atoms with van der Waals surface area (Å²) in [7, 11) is 1.94. The van der Waals surface area contributed by atoms with Crippen LogP contribution in [0.4, 0.5) is 17.1 Å². The Morgan fingerprint density at radius 1 is 1.45 bits per heavy atom. The van der Waals surface area contributed by atoms with Gasteiger partial charge in [-0.15, -0.1) is 0 Å². The predicted octanol–water partition coefficient (Wildman–Crippen LogP) is 2.90. The molecule has 110 valence electrons. The van der Waals surface area contributed by atoms with Crippen LogP contribution >= 0.6 is 0 Å². The molecule has 2 rings (SSSR count). The van der Waals surface area contributed by atoms with Gasteiger partial charge in [-0.3, -0.25) is 16.0 Å². The van der Waals surface area contributed by atoms with Gasteiger partial charge < -0.3 is 10.3 Å². The number of para-hydroxylation sites is 1. The highest BCUT2D eigenvalue weighted by Gasteiger charge is 2.28. The molecule has 1 saturated carbocycles. The van der Waals surface area contributed by atoms with Crippen LogP contribution < -0.4 is 16.2 Å². The molecule has 0 radical (unpaired) electrons. The number of nitrogens with two attached hydrogens (primary N) is 1. The third-order valence-electron chi connectivity index (χ3n) is 4.19. The Hall–Kier alpha value is -1.82. The molecule has 6 heteroatoms. The van der Waals surface area contributed by atoms with Crippen LogP contribution in [0, 0.1) is 16.0 Å². The molecule has 1 aliphatic carbocycles. The van der Waals surface area contributed by atoms with Gasteiger partial charge in [-0.05, 0) is 30.9 Å². The Morgan fingerprint density at radius 3 is 2.80 bits per heavy atom. The molecule has 3 N–H and O–H groups in total. The number of nitrogen functional groups attached to an aromatic ring is 1. The average Bonchev–Trinajstić information content (AvgIpc) is 2.45. The van der Waals surface area contributed by atoms with Crippen molar-refractivity contribution in [2.24, 2.45) is 11.8 Å². The summed E-state index contributed by atoms with van der Waals surface area (Å²) in [6, 6.07) is 5.56. The highest BCUT2D eigenvalue weighted by atomic mass is 16.6. The molecule has 0 bridgehead atoms. The molecule has 0 heterocycles. The lowest BCUT2D eigenvalue weighted by atomic mass is 9.86. The number of nitro groups is 1. The predicted molar refractivity (Wildman–Crippen MR) is 80.7 cm³/mol. The molecule has 20 heavy (non-hydrogen) atoms. The van der Waals surface area contributed by atoms with Crippen molar-refractivity contribution in [1.29, 1.82) is 0 Å². The number of nitrogens with one attached hydrogen (secondary N) is 1. The maximum Gasteiger partial charge on any atom is 0.316 e. The first-order valence-electron chi connectivity index (χ1n) is 7.01. The lowest BCUT2D eigenvalue weighted by Gasteiger charge is -2.35. The molecule has 0 amide bonds. The number of nitro benzene ring substituents is 1. The van der Waals surface area contributed by atoms with Crippen LogP contribution in [0.1, 0.15) is 32.6 Å². The largest absolute Gasteiger partial charge is 0.366 e. The smallest absolute Gasteiger partial charge is 0.316 e. The quantitative estimate of drug-likeness (QED) is 0.502. The normalized spacial score (nSPS) is 22.4. The van der Waals surface area contributed by atoms with Gasteiger partial charge in [-0.1, -0.05) is 25.8 Å². The minimum Gasteiger partial charge on any atom is -0.366 e. The van der Waals surface area contributed by atoms with Crippen molar-refractivity contribution in [3.05, 3.63) is 28.3 Å². The zero-order valence-electron chi connectivity index (χ0n) is 12.0. The van der Waals surface area contributed by atoms with Crippen molar-refractivity contribution in [1.82, 2.24) is 0 Å². The van der Waals surface area contributed by atoms with Crippen LogP contribution in [0.15, 0.2) is 18.2 Å². The van der Waals surface area contributed by atoms with Crippen LogP contribution in [0.5, 0.6) is 0 Å². The first-order valence-corrected chi connectivity index (χ1v) is 7.01. The summed E-state index contributed by atoms with van der Waals surface area (Å²) in [4.78, 5) is 13.0. The number of hydrogen-bond acceptors (Lipinski definition) is 5. The van der Waals surface area contributed by atoms with E-state index in [1.165, 1.54) is 12.8 Å². The van der Waals surface area contributed by atoms with E-state index < -0.39 is 0 Å². The zero-order valence-corrected chi connectivity index (χ0v) is 12.0. The molecule has 1 aromatic carbocycles. The fourth-order valence-electron chi connectivity index (χ4n) is 3.07. The summed E-state index contributed by atoms with van der Waals surface area (Å²) >= 11 is 0. The number of hydrazine groups is 1. The van der Waals surface area contributed by atoms with Gasteiger partial charge >= 0.3 is 5.69 Å². The summed E-state index contributed by atoms with van der Waals surface area (Å²) in [6.45, 7) is 2.24. The third-order valence-corrected chi connectivity index (χ3v) is 4.19. The maximum absolute atomic E-state index is 11.3. The lowest BCUT2D eigenvalue weighted by Crippen LogP contribution is -2.36. The lowest BCUT2D eigenvalue weighted by molar-refractivity contribution is -0.383. The van der Waals surface area contributed by atoms with E-state index in [0.717, 1.165) is 12.8 Å². The molecule has 0 saturated heterocycles. The molecule has 0 aromatic heterocycles. The third kappa shape index (κ3) is 2.85. The van der Waals surface area contributed by atoms with Crippen molar-refractivity contribution in [3.63, 3.8) is 0 Å². The molecular weight excluding hydrogens is 256 g/mol. The van der Waals surface area contributed by atoms with Gasteiger partial charge in [0.1, 0.15) is 11.4 Å². The van der Waals surface area contributed by atoms with E-state index in [1.54, 1.807) is 18.2 Å². The van der Waals surface area contributed by atoms with Gasteiger partial charge in [0.25, 0.3) is 0 Å². The molecule has 1 aliphatic rings. The highest BCUT2D eigenvalue weighted by Crippen LogP contribution is 2.38. The highest BCUT2D eigenvalue weighted by molar-refractivity contribution is 5.76. The fourth-order valence-corrected chi connectivity index (χ4v) is 3.07. The number of hydrogen-bond donors (Lipinski definition) is 2. The van der Waals surface area contributed by atoms with Crippen LogP contribution in [-0.2, 0) is 0 Å². The van der Waals surface area contributed by atoms with E-state index in [1.807, 2.05) is 11.9 Å². The van der Waals surface area contributed by atoms with E-state index in [-0.39, 0.29) is 10.6 Å². The summed E-state index contributed by atoms with van der Waals surface area (Å²) in [5, 5.41) is 11.3. The van der Waals surface area contributed by atoms with Crippen molar-refractivity contribution in [2.45, 2.75) is 38.6 Å². The SMILES string of the molecule is CC1CCCC(N(C)c2cccc(NN)c2[N+](=O)[O-])C1. The summed E-state index contributed by atoms with van der Waals surface area (Å²) in [6.07, 6.45) is 4.59. The minimum absolute atomic E-state index is 0.0516. The van der Waals surface area contributed by atoms with Crippen LogP contribution in [0.25, 0.3) is 0 Å². The van der Waals surface area contributed by atoms with Crippen molar-refractivity contribution in [3.8, 4) is 0 Å². The van der Waals surface area contributed by atoms with Crippen molar-refractivity contribution >= 4 is 17.1 Å². The average molecular weight is 278 g/mol. The standard InChI is InChI=1S/C14H22N4O2/c1-10-5-3-6-11(9-10)17(2)13-8-4-7-12(16-15)14(13)18(19)20/h4,7-8,10-11,16H,3,5-6,9,15H2,1-2H3. The van der Waals surface area contributed by atoms with Gasteiger partial charge in [0.05, 0.1) is 4.92 Å². The second kappa shape index (κ2) is 6.09. The second-order valence-corrected chi connectivity index (χ2v) is 5.61. The van der Waals surface area contributed by atoms with Gasteiger partial charge in [0, 0.05) is 13.1 Å². The molecule has 6 nitrogen and oxygen atoms in total. The Kier molecular flexibility index (Phi) is 4.44. The van der Waals surface area contributed by atoms with Crippen LogP contribution in [0.3, 0.4) is 0 Å². The molecule has 1 aromatic rings. The van der Waals surface area contributed by atoms with Gasteiger partial charge in [-0.2, -0.15) is 0 Å². The summed E-state index contributed by atoms with van der Waals surface area (Å²) in [5.74, 6) is 6.06. The van der Waals surface area contributed by atoms with Crippen molar-refractivity contribution < 1.29 is 4.92 Å². The number of anilines is 2. The van der Waals surface area contributed by atoms with Crippen molar-refractivity contribution in [2.75, 3.05) is 17.4 Å². The topological polar surface area (TPSA) is 84.4 Å². The Bertz CT molecular complexity index is 492. The molecular formula is C14H22N4O2. The van der Waals surface area contributed by atoms with Crippen LogP contribution in [-0.4, -0.2) is 18.0 Å². The molecule has 2 unspecified atom stereocenters. The monoisotopic (exact) mass is 278 g/mol. The van der Waals surface area contributed by atoms with E-state index in [9.17, 15) is 10.1 Å². The molecule has 0 aliphatic heterocycles. The van der Waals surface area contributed by atoms with E-state index in [2.05, 4.69) is 12.3 Å². The van der Waals surface area contributed by atoms with Gasteiger partial charge in [0.15, 0.2) is 0 Å². The second-order valence-electron chi connectivity index (χ2n) is 5.61. The number of rotatable bonds is 4. The number of benzene rings is 1. The van der Waals surface area contributed by atoms with E-state index in [4.69, 9.17) is 5.84 Å². The van der Waals surface area contributed by atoms with Crippen LogP contribution in [0.2, 0.25) is 0 Å². The zero-order chi connectivity index (χ0) is 14.7. The molecule has 2 atom stereocenters. The van der Waals surface area contributed by atoms with E-state index >= 15 is 0 Å². The number of nitrogens with zero attached hydrogens (tertiary/aromatic N) is 2. The molecule has 0 spiro atoms.